The third-order valence-electron chi connectivity index (χ3n) is 4.20. The Labute approximate surface area is 192 Å². The molecule has 32 heavy (non-hydrogen) atoms. The Hall–Kier alpha value is -2.54. The molecule has 0 spiro atoms. The molecule has 1 aromatic heterocycles. The largest absolute Gasteiger partial charge is 0.494 e. The second-order valence-electron chi connectivity index (χ2n) is 7.44. The molecule has 2 rings (SSSR count). The van der Waals surface area contributed by atoms with Crippen LogP contribution in [0.4, 0.5) is 0 Å². The smallest absolute Gasteiger partial charge is 0.298 e. The van der Waals surface area contributed by atoms with Gasteiger partial charge in [-0.3, -0.25) is 10.2 Å². The Morgan fingerprint density at radius 2 is 1.97 bits per heavy atom. The molecule has 12 heteroatoms. The minimum Gasteiger partial charge on any atom is -0.494 e. The van der Waals surface area contributed by atoms with E-state index in [1.807, 2.05) is 24.3 Å². The number of guanidine groups is 1. The number of amides is 1. The first-order chi connectivity index (χ1) is 15.0. The van der Waals surface area contributed by atoms with E-state index in [9.17, 15) is 13.2 Å². The van der Waals surface area contributed by atoms with Crippen molar-refractivity contribution in [1.29, 1.82) is 5.41 Å². The summed E-state index contributed by atoms with van der Waals surface area (Å²) in [6.07, 6.45) is 3.91. The van der Waals surface area contributed by atoms with Crippen LogP contribution < -0.4 is 10.5 Å². The molecule has 0 saturated carbocycles. The molecule has 0 unspecified atom stereocenters. The van der Waals surface area contributed by atoms with Crippen LogP contribution in [0.1, 0.15) is 34.6 Å². The fraction of sp³-hybridized carbons (Fsp3) is 0.450. The van der Waals surface area contributed by atoms with Gasteiger partial charge < -0.3 is 15.4 Å². The van der Waals surface area contributed by atoms with Crippen LogP contribution in [0, 0.1) is 12.3 Å². The molecule has 1 heterocycles. The number of hydroxylamine groups is 2. The molecule has 0 saturated heterocycles. The van der Waals surface area contributed by atoms with Crippen molar-refractivity contribution >= 4 is 33.3 Å². The number of thiazole rings is 1. The lowest BCUT2D eigenvalue weighted by molar-refractivity contribution is 0.0205. The lowest BCUT2D eigenvalue weighted by Crippen LogP contribution is -2.42. The fourth-order valence-corrected chi connectivity index (χ4v) is 4.15. The molecule has 0 aliphatic carbocycles. The van der Waals surface area contributed by atoms with E-state index in [0.29, 0.717) is 23.1 Å². The summed E-state index contributed by atoms with van der Waals surface area (Å²) in [4.78, 5) is 19.4. The van der Waals surface area contributed by atoms with Crippen LogP contribution in [0.15, 0.2) is 24.3 Å². The monoisotopic (exact) mass is 483 g/mol. The highest BCUT2D eigenvalue weighted by atomic mass is 32.2. The van der Waals surface area contributed by atoms with Gasteiger partial charge in [-0.25, -0.2) is 4.98 Å². The Morgan fingerprint density at radius 3 is 2.59 bits per heavy atom. The maximum Gasteiger partial charge on any atom is 0.298 e. The molecule has 3 N–H and O–H groups in total. The summed E-state index contributed by atoms with van der Waals surface area (Å²) < 4.78 is 33.2. The number of benzene rings is 1. The number of nitrogens with two attached hydrogens (primary N) is 1. The highest BCUT2D eigenvalue weighted by molar-refractivity contribution is 7.85. The minimum atomic E-state index is -4.05. The predicted molar refractivity (Wildman–Crippen MR) is 124 cm³/mol. The Balaban J connectivity index is 2.10. The van der Waals surface area contributed by atoms with E-state index in [-0.39, 0.29) is 9.94 Å². The van der Waals surface area contributed by atoms with E-state index < -0.39 is 22.0 Å². The van der Waals surface area contributed by atoms with Crippen molar-refractivity contribution in [2.45, 2.75) is 26.2 Å². The minimum absolute atomic E-state index is 0.117. The van der Waals surface area contributed by atoms with Gasteiger partial charge >= 0.3 is 0 Å². The van der Waals surface area contributed by atoms with Crippen molar-refractivity contribution in [2.75, 3.05) is 33.5 Å². The van der Waals surface area contributed by atoms with Crippen molar-refractivity contribution in [2.24, 2.45) is 5.73 Å². The van der Waals surface area contributed by atoms with Gasteiger partial charge in [-0.15, -0.1) is 20.7 Å². The van der Waals surface area contributed by atoms with Crippen LogP contribution in [0.3, 0.4) is 0 Å². The van der Waals surface area contributed by atoms with Crippen LogP contribution >= 0.6 is 11.3 Å². The van der Waals surface area contributed by atoms with E-state index in [0.717, 1.165) is 49.0 Å². The maximum absolute atomic E-state index is 12.7. The summed E-state index contributed by atoms with van der Waals surface area (Å²) in [5, 5.41) is 8.25. The standard InChI is InChI=1S/C20H29N5O5S2/c1-14-17(19(26)25(20(21)22)30-32(4,27)28)31-18(23-14)15-9-8-10-16(13-15)29-12-7-5-6-11-24(2)3/h8-10,13H,5-7,11-12H2,1-4H3,(H3,21,22). The number of unbranched alkanes of at least 4 members (excludes halogenated alkanes) is 2. The highest BCUT2D eigenvalue weighted by Crippen LogP contribution is 2.31. The van der Waals surface area contributed by atoms with Gasteiger partial charge in [0.15, 0.2) is 0 Å². The van der Waals surface area contributed by atoms with Gasteiger partial charge in [-0.2, -0.15) is 8.42 Å². The number of nitrogens with one attached hydrogen (secondary N) is 1. The number of carbonyl (C=O) groups excluding carboxylic acids is 1. The number of hydrogen-bond donors (Lipinski definition) is 2. The lowest BCUT2D eigenvalue weighted by Gasteiger charge is -2.16. The van der Waals surface area contributed by atoms with Crippen LogP contribution in [0.25, 0.3) is 10.6 Å². The third-order valence-corrected chi connectivity index (χ3v) is 5.82. The van der Waals surface area contributed by atoms with Gasteiger partial charge in [0.2, 0.25) is 5.96 Å². The number of rotatable bonds is 11. The van der Waals surface area contributed by atoms with Crippen molar-refractivity contribution in [3.05, 3.63) is 34.8 Å². The average molecular weight is 484 g/mol. The molecule has 1 amide bonds. The fourth-order valence-electron chi connectivity index (χ4n) is 2.75. The summed E-state index contributed by atoms with van der Waals surface area (Å²) in [6, 6.07) is 7.37. The van der Waals surface area contributed by atoms with Gasteiger partial charge in [-0.05, 0) is 59.0 Å². The number of ether oxygens (including phenoxy) is 1. The second kappa shape index (κ2) is 11.4. The number of aryl methyl sites for hydroxylation is 1. The predicted octanol–water partition coefficient (Wildman–Crippen LogP) is 2.46. The summed E-state index contributed by atoms with van der Waals surface area (Å²) in [7, 11) is 0.0516. The number of nitrogens with zero attached hydrogens (tertiary/aromatic N) is 3. The molecule has 0 fully saturated rings. The molecule has 0 aliphatic rings. The van der Waals surface area contributed by atoms with Crippen molar-refractivity contribution in [3.8, 4) is 16.3 Å². The summed E-state index contributed by atoms with van der Waals surface area (Å²) in [5.74, 6) is -1.04. The van der Waals surface area contributed by atoms with Gasteiger partial charge in [0.05, 0.1) is 18.6 Å². The van der Waals surface area contributed by atoms with Gasteiger partial charge in [-0.1, -0.05) is 12.1 Å². The Bertz CT molecular complexity index is 1050. The quantitative estimate of drug-likeness (QED) is 0.215. The summed E-state index contributed by atoms with van der Waals surface area (Å²) in [5.41, 5.74) is 6.44. The van der Waals surface area contributed by atoms with Crippen LogP contribution in [0.5, 0.6) is 5.75 Å². The van der Waals surface area contributed by atoms with Crippen molar-refractivity contribution < 1.29 is 22.2 Å². The van der Waals surface area contributed by atoms with E-state index in [1.54, 1.807) is 6.92 Å². The molecule has 2 aromatic rings. The van der Waals surface area contributed by atoms with Crippen molar-refractivity contribution in [1.82, 2.24) is 14.9 Å². The number of carbonyl (C=O) groups is 1. The average Bonchev–Trinajstić information content (AvgIpc) is 3.09. The molecule has 1 aromatic carbocycles. The van der Waals surface area contributed by atoms with E-state index in [1.165, 1.54) is 0 Å². The third kappa shape index (κ3) is 7.86. The topological polar surface area (TPSA) is 139 Å². The zero-order valence-corrected chi connectivity index (χ0v) is 20.3. The van der Waals surface area contributed by atoms with E-state index >= 15 is 0 Å². The highest BCUT2D eigenvalue weighted by Gasteiger charge is 2.28. The summed E-state index contributed by atoms with van der Waals surface area (Å²) >= 11 is 1.05. The zero-order chi connectivity index (χ0) is 23.9. The van der Waals surface area contributed by atoms with Gasteiger partial charge in [0.25, 0.3) is 16.0 Å². The SMILES string of the molecule is Cc1nc(-c2cccc(OCCCCCN(C)C)c2)sc1C(=O)N(OS(C)(=O)=O)C(=N)N. The first kappa shape index (κ1) is 25.7. The normalized spacial score (nSPS) is 11.5. The summed E-state index contributed by atoms with van der Waals surface area (Å²) in [6.45, 7) is 3.27. The Morgan fingerprint density at radius 1 is 1.25 bits per heavy atom. The first-order valence-electron chi connectivity index (χ1n) is 9.91. The number of aromatic nitrogens is 1. The molecule has 0 radical (unpaired) electrons. The molecular formula is C20H29N5O5S2. The lowest BCUT2D eigenvalue weighted by atomic mass is 10.2. The van der Waals surface area contributed by atoms with Crippen LogP contribution in [-0.4, -0.2) is 68.7 Å². The first-order valence-corrected chi connectivity index (χ1v) is 12.5. The van der Waals surface area contributed by atoms with Crippen LogP contribution in [-0.2, 0) is 14.4 Å². The van der Waals surface area contributed by atoms with E-state index in [2.05, 4.69) is 28.3 Å². The number of hydrogen-bond acceptors (Lipinski definition) is 9. The molecular weight excluding hydrogens is 454 g/mol. The zero-order valence-electron chi connectivity index (χ0n) is 18.6. The Kier molecular flexibility index (Phi) is 9.13. The van der Waals surface area contributed by atoms with Gasteiger partial charge in [0, 0.05) is 5.56 Å². The molecule has 0 atom stereocenters. The second-order valence-corrected chi connectivity index (χ2v) is 9.99. The van der Waals surface area contributed by atoms with E-state index in [4.69, 9.17) is 15.9 Å². The van der Waals surface area contributed by atoms with Crippen LogP contribution in [0.2, 0.25) is 0 Å². The molecule has 0 bridgehead atoms. The maximum atomic E-state index is 12.7. The molecule has 0 aliphatic heterocycles. The molecule has 10 nitrogen and oxygen atoms in total. The molecule has 176 valence electrons. The van der Waals surface area contributed by atoms with Crippen molar-refractivity contribution in [3.63, 3.8) is 0 Å². The van der Waals surface area contributed by atoms with Gasteiger partial charge in [0.1, 0.15) is 15.6 Å².